The van der Waals surface area contributed by atoms with Crippen LogP contribution in [-0.2, 0) is 0 Å². The Kier molecular flexibility index (Phi) is 4.57. The fourth-order valence-corrected chi connectivity index (χ4v) is 2.52. The van der Waals surface area contributed by atoms with E-state index in [2.05, 4.69) is 15.4 Å². The van der Waals surface area contributed by atoms with Crippen LogP contribution in [0.5, 0.6) is 0 Å². The summed E-state index contributed by atoms with van der Waals surface area (Å²) in [6.07, 6.45) is 1.59. The number of rotatable bonds is 5. The highest BCUT2D eigenvalue weighted by Gasteiger charge is 2.15. The number of nitrogens with zero attached hydrogens (tertiary/aromatic N) is 4. The maximum atomic E-state index is 12.3. The number of carbonyl (C=O) groups excluding carboxylic acids is 1. The standard InChI is InChI=1S/C18H21N5O/c1-13-15(18(24)19-10-11-22(2)3)12-20-23(13)17-9-8-14-6-4-5-7-16(14)21-17/h4-9,12H,10-11H2,1-3H3,(H,19,24). The first-order valence-corrected chi connectivity index (χ1v) is 7.90. The number of nitrogens with one attached hydrogen (secondary N) is 1. The number of amides is 1. The van der Waals surface area contributed by atoms with Gasteiger partial charge in [0.2, 0.25) is 0 Å². The first-order valence-electron chi connectivity index (χ1n) is 7.90. The van der Waals surface area contributed by atoms with Gasteiger partial charge in [-0.1, -0.05) is 18.2 Å². The molecule has 3 aromatic rings. The summed E-state index contributed by atoms with van der Waals surface area (Å²) >= 11 is 0. The number of pyridine rings is 1. The van der Waals surface area contributed by atoms with Gasteiger partial charge in [-0.25, -0.2) is 9.67 Å². The average Bonchev–Trinajstić information content (AvgIpc) is 2.95. The van der Waals surface area contributed by atoms with Gasteiger partial charge in [-0.15, -0.1) is 0 Å². The van der Waals surface area contributed by atoms with Crippen molar-refractivity contribution in [2.24, 2.45) is 0 Å². The van der Waals surface area contributed by atoms with Gasteiger partial charge in [0, 0.05) is 18.5 Å². The fourth-order valence-electron chi connectivity index (χ4n) is 2.52. The third kappa shape index (κ3) is 3.28. The molecule has 2 aromatic heterocycles. The number of likely N-dealkylation sites (N-methyl/N-ethyl adjacent to an activating group) is 1. The molecule has 6 nitrogen and oxygen atoms in total. The molecular formula is C18H21N5O. The van der Waals surface area contributed by atoms with Crippen LogP contribution in [0.25, 0.3) is 16.7 Å². The minimum absolute atomic E-state index is 0.110. The lowest BCUT2D eigenvalue weighted by Gasteiger charge is -2.10. The summed E-state index contributed by atoms with van der Waals surface area (Å²) in [6, 6.07) is 11.8. The molecule has 0 radical (unpaired) electrons. The second-order valence-electron chi connectivity index (χ2n) is 5.98. The number of fused-ring (bicyclic) bond motifs is 1. The lowest BCUT2D eigenvalue weighted by atomic mass is 10.2. The maximum absolute atomic E-state index is 12.3. The van der Waals surface area contributed by atoms with Crippen LogP contribution in [0.15, 0.2) is 42.6 Å². The van der Waals surface area contributed by atoms with Crippen molar-refractivity contribution in [1.29, 1.82) is 0 Å². The highest BCUT2D eigenvalue weighted by Crippen LogP contribution is 2.17. The normalized spacial score (nSPS) is 11.2. The highest BCUT2D eigenvalue weighted by molar-refractivity contribution is 5.95. The van der Waals surface area contributed by atoms with Gasteiger partial charge in [0.1, 0.15) is 0 Å². The number of hydrogen-bond donors (Lipinski definition) is 1. The lowest BCUT2D eigenvalue weighted by Crippen LogP contribution is -2.31. The Bertz CT molecular complexity index is 869. The zero-order valence-corrected chi connectivity index (χ0v) is 14.2. The highest BCUT2D eigenvalue weighted by atomic mass is 16.1. The Balaban J connectivity index is 1.84. The van der Waals surface area contributed by atoms with Crippen LogP contribution in [0.2, 0.25) is 0 Å². The van der Waals surface area contributed by atoms with Crippen LogP contribution in [0.3, 0.4) is 0 Å². The number of hydrogen-bond acceptors (Lipinski definition) is 4. The number of para-hydroxylation sites is 1. The van der Waals surface area contributed by atoms with Gasteiger partial charge < -0.3 is 10.2 Å². The van der Waals surface area contributed by atoms with Crippen molar-refractivity contribution in [1.82, 2.24) is 25.0 Å². The summed E-state index contributed by atoms with van der Waals surface area (Å²) in [5.41, 5.74) is 2.26. The molecule has 6 heteroatoms. The summed E-state index contributed by atoms with van der Waals surface area (Å²) in [6.45, 7) is 3.28. The van der Waals surface area contributed by atoms with Crippen molar-refractivity contribution >= 4 is 16.8 Å². The van der Waals surface area contributed by atoms with Crippen molar-refractivity contribution in [3.05, 3.63) is 53.9 Å². The molecule has 0 aliphatic heterocycles. The van der Waals surface area contributed by atoms with E-state index in [1.54, 1.807) is 10.9 Å². The number of aromatic nitrogens is 3. The van der Waals surface area contributed by atoms with Crippen LogP contribution in [0, 0.1) is 6.92 Å². The van der Waals surface area contributed by atoms with Gasteiger partial charge in [0.05, 0.1) is 23.0 Å². The summed E-state index contributed by atoms with van der Waals surface area (Å²) in [4.78, 5) is 19.0. The first-order chi connectivity index (χ1) is 11.6. The van der Waals surface area contributed by atoms with Crippen molar-refractivity contribution in [2.45, 2.75) is 6.92 Å². The third-order valence-electron chi connectivity index (χ3n) is 3.90. The van der Waals surface area contributed by atoms with Crippen LogP contribution >= 0.6 is 0 Å². The second-order valence-corrected chi connectivity index (χ2v) is 5.98. The van der Waals surface area contributed by atoms with Gasteiger partial charge in [-0.3, -0.25) is 4.79 Å². The van der Waals surface area contributed by atoms with E-state index in [1.165, 1.54) is 0 Å². The van der Waals surface area contributed by atoms with Gasteiger partial charge in [-0.05, 0) is 39.2 Å². The molecular weight excluding hydrogens is 302 g/mol. The molecule has 0 atom stereocenters. The molecule has 0 spiro atoms. The zero-order valence-electron chi connectivity index (χ0n) is 14.2. The van der Waals surface area contributed by atoms with E-state index in [-0.39, 0.29) is 5.91 Å². The Morgan fingerprint density at radius 3 is 2.79 bits per heavy atom. The lowest BCUT2D eigenvalue weighted by molar-refractivity contribution is 0.0950. The molecule has 3 rings (SSSR count). The Hall–Kier alpha value is -2.73. The molecule has 0 saturated heterocycles. The monoisotopic (exact) mass is 323 g/mol. The molecule has 124 valence electrons. The van der Waals surface area contributed by atoms with Gasteiger partial charge in [-0.2, -0.15) is 5.10 Å². The van der Waals surface area contributed by atoms with Crippen LogP contribution in [0.4, 0.5) is 0 Å². The molecule has 1 aromatic carbocycles. The fraction of sp³-hybridized carbons (Fsp3) is 0.278. The van der Waals surface area contributed by atoms with E-state index in [4.69, 9.17) is 0 Å². The Labute approximate surface area is 141 Å². The van der Waals surface area contributed by atoms with Crippen molar-refractivity contribution < 1.29 is 4.79 Å². The van der Waals surface area contributed by atoms with E-state index >= 15 is 0 Å². The molecule has 0 unspecified atom stereocenters. The molecule has 0 saturated carbocycles. The average molecular weight is 323 g/mol. The smallest absolute Gasteiger partial charge is 0.254 e. The van der Waals surface area contributed by atoms with Gasteiger partial charge in [0.15, 0.2) is 5.82 Å². The summed E-state index contributed by atoms with van der Waals surface area (Å²) < 4.78 is 1.70. The summed E-state index contributed by atoms with van der Waals surface area (Å²) in [7, 11) is 3.95. The predicted molar refractivity (Wildman–Crippen MR) is 94.5 cm³/mol. The van der Waals surface area contributed by atoms with Crippen molar-refractivity contribution in [2.75, 3.05) is 27.2 Å². The molecule has 0 bridgehead atoms. The van der Waals surface area contributed by atoms with Crippen molar-refractivity contribution in [3.63, 3.8) is 0 Å². The van der Waals surface area contributed by atoms with E-state index in [0.29, 0.717) is 17.9 Å². The van der Waals surface area contributed by atoms with Crippen LogP contribution in [-0.4, -0.2) is 52.8 Å². The molecule has 1 amide bonds. The Morgan fingerprint density at radius 2 is 2.00 bits per heavy atom. The predicted octanol–water partition coefficient (Wildman–Crippen LogP) is 2.02. The topological polar surface area (TPSA) is 63.1 Å². The molecule has 24 heavy (non-hydrogen) atoms. The molecule has 0 fully saturated rings. The zero-order chi connectivity index (χ0) is 17.1. The van der Waals surface area contributed by atoms with Gasteiger partial charge >= 0.3 is 0 Å². The van der Waals surface area contributed by atoms with Crippen molar-refractivity contribution in [3.8, 4) is 5.82 Å². The number of benzene rings is 1. The molecule has 1 N–H and O–H groups in total. The van der Waals surface area contributed by atoms with E-state index in [9.17, 15) is 4.79 Å². The van der Waals surface area contributed by atoms with E-state index in [1.807, 2.05) is 62.3 Å². The second kappa shape index (κ2) is 6.80. The van der Waals surface area contributed by atoms with Gasteiger partial charge in [0.25, 0.3) is 5.91 Å². The largest absolute Gasteiger partial charge is 0.351 e. The maximum Gasteiger partial charge on any atom is 0.254 e. The first kappa shape index (κ1) is 16.1. The Morgan fingerprint density at radius 1 is 1.21 bits per heavy atom. The van der Waals surface area contributed by atoms with E-state index in [0.717, 1.165) is 23.1 Å². The quantitative estimate of drug-likeness (QED) is 0.780. The summed E-state index contributed by atoms with van der Waals surface area (Å²) in [5.74, 6) is 0.597. The molecule has 2 heterocycles. The van der Waals surface area contributed by atoms with E-state index < -0.39 is 0 Å². The van der Waals surface area contributed by atoms with Crippen LogP contribution in [0.1, 0.15) is 16.1 Å². The molecule has 0 aliphatic rings. The third-order valence-corrected chi connectivity index (χ3v) is 3.90. The minimum Gasteiger partial charge on any atom is -0.351 e. The minimum atomic E-state index is -0.110. The summed E-state index contributed by atoms with van der Waals surface area (Å²) in [5, 5.41) is 8.33. The SMILES string of the molecule is Cc1c(C(=O)NCCN(C)C)cnn1-c1ccc2ccccc2n1. The van der Waals surface area contributed by atoms with Crippen LogP contribution < -0.4 is 5.32 Å². The number of carbonyl (C=O) groups is 1. The molecule has 0 aliphatic carbocycles.